The first kappa shape index (κ1) is 17.0. The predicted molar refractivity (Wildman–Crippen MR) is 95.7 cm³/mol. The normalized spacial score (nSPS) is 18.4. The van der Waals surface area contributed by atoms with E-state index in [0.717, 1.165) is 18.4 Å². The van der Waals surface area contributed by atoms with Crippen molar-refractivity contribution in [2.75, 3.05) is 13.1 Å². The molecule has 2 heteroatoms. The molecule has 0 aromatic heterocycles. The molecule has 1 N–H and O–H groups in total. The summed E-state index contributed by atoms with van der Waals surface area (Å²) in [7, 11) is 0. The first-order valence-corrected chi connectivity index (χ1v) is 9.54. The van der Waals surface area contributed by atoms with E-state index < -0.39 is 0 Å². The van der Waals surface area contributed by atoms with Crippen LogP contribution in [0, 0.1) is 11.8 Å². The van der Waals surface area contributed by atoms with Crippen LogP contribution in [0.25, 0.3) is 0 Å². The summed E-state index contributed by atoms with van der Waals surface area (Å²) in [4.78, 5) is 0. The Balaban J connectivity index is 2.01. The fourth-order valence-electron chi connectivity index (χ4n) is 3.60. The zero-order chi connectivity index (χ0) is 14.9. The van der Waals surface area contributed by atoms with Gasteiger partial charge in [-0.1, -0.05) is 79.6 Å². The van der Waals surface area contributed by atoms with Crippen LogP contribution in [0.2, 0.25) is 0 Å². The second kappa shape index (κ2) is 9.63. The standard InChI is InChI=1S/C19H30BrN/c1-2-13-21-15-18(16-9-5-3-4-6-10-16)14-17-11-7-8-12-19(17)20/h7-8,11-12,16,18,21H,2-6,9-10,13-15H2,1H3. The molecule has 0 bridgehead atoms. The Labute approximate surface area is 139 Å². The Morgan fingerprint density at radius 1 is 1.14 bits per heavy atom. The molecule has 1 unspecified atom stereocenters. The van der Waals surface area contributed by atoms with Crippen LogP contribution in [-0.4, -0.2) is 13.1 Å². The van der Waals surface area contributed by atoms with Crippen molar-refractivity contribution in [3.05, 3.63) is 34.3 Å². The van der Waals surface area contributed by atoms with Gasteiger partial charge in [-0.25, -0.2) is 0 Å². The van der Waals surface area contributed by atoms with Gasteiger partial charge in [0.25, 0.3) is 0 Å². The average Bonchev–Trinajstić information content (AvgIpc) is 2.77. The number of halogens is 1. The van der Waals surface area contributed by atoms with Gasteiger partial charge in [0, 0.05) is 4.47 Å². The smallest absolute Gasteiger partial charge is 0.0207 e. The molecule has 118 valence electrons. The highest BCUT2D eigenvalue weighted by Crippen LogP contribution is 2.32. The van der Waals surface area contributed by atoms with Gasteiger partial charge in [0.15, 0.2) is 0 Å². The van der Waals surface area contributed by atoms with E-state index in [-0.39, 0.29) is 0 Å². The van der Waals surface area contributed by atoms with Crippen LogP contribution in [0.15, 0.2) is 28.7 Å². The highest BCUT2D eigenvalue weighted by atomic mass is 79.9. The molecule has 0 aliphatic heterocycles. The van der Waals surface area contributed by atoms with Crippen molar-refractivity contribution in [2.24, 2.45) is 11.8 Å². The molecular formula is C19H30BrN. The van der Waals surface area contributed by atoms with Gasteiger partial charge in [-0.15, -0.1) is 0 Å². The average molecular weight is 352 g/mol. The van der Waals surface area contributed by atoms with Crippen LogP contribution in [0.1, 0.15) is 57.4 Å². The zero-order valence-corrected chi connectivity index (χ0v) is 15.0. The van der Waals surface area contributed by atoms with Crippen LogP contribution in [0.3, 0.4) is 0 Å². The van der Waals surface area contributed by atoms with Crippen molar-refractivity contribution in [2.45, 2.75) is 58.3 Å². The molecule has 0 saturated heterocycles. The lowest BCUT2D eigenvalue weighted by atomic mass is 9.82. The number of nitrogens with one attached hydrogen (secondary N) is 1. The van der Waals surface area contributed by atoms with E-state index in [9.17, 15) is 0 Å². The molecule has 0 spiro atoms. The van der Waals surface area contributed by atoms with Gasteiger partial charge < -0.3 is 5.32 Å². The topological polar surface area (TPSA) is 12.0 Å². The Bertz CT molecular complexity index is 396. The van der Waals surface area contributed by atoms with Crippen LogP contribution in [0.5, 0.6) is 0 Å². The molecule has 1 aromatic rings. The lowest BCUT2D eigenvalue weighted by molar-refractivity contribution is 0.284. The van der Waals surface area contributed by atoms with Crippen molar-refractivity contribution in [1.82, 2.24) is 5.32 Å². The fourth-order valence-corrected chi connectivity index (χ4v) is 4.05. The summed E-state index contributed by atoms with van der Waals surface area (Å²) >= 11 is 3.73. The highest BCUT2D eigenvalue weighted by Gasteiger charge is 2.23. The van der Waals surface area contributed by atoms with Gasteiger partial charge in [-0.2, -0.15) is 0 Å². The maximum absolute atomic E-state index is 3.73. The number of hydrogen-bond donors (Lipinski definition) is 1. The van der Waals surface area contributed by atoms with Crippen molar-refractivity contribution in [1.29, 1.82) is 0 Å². The summed E-state index contributed by atoms with van der Waals surface area (Å²) in [5, 5.41) is 3.68. The number of rotatable bonds is 7. The number of hydrogen-bond acceptors (Lipinski definition) is 1. The maximum atomic E-state index is 3.73. The summed E-state index contributed by atoms with van der Waals surface area (Å²) in [5.41, 5.74) is 1.48. The summed E-state index contributed by atoms with van der Waals surface area (Å²) in [6.07, 6.45) is 11.1. The molecule has 1 aliphatic carbocycles. The first-order valence-electron chi connectivity index (χ1n) is 8.75. The Hall–Kier alpha value is -0.340. The summed E-state index contributed by atoms with van der Waals surface area (Å²) in [5.74, 6) is 1.69. The predicted octanol–water partition coefficient (Wildman–Crippen LogP) is 5.58. The largest absolute Gasteiger partial charge is 0.316 e. The monoisotopic (exact) mass is 351 g/mol. The van der Waals surface area contributed by atoms with Gasteiger partial charge in [-0.05, 0) is 49.4 Å². The lowest BCUT2D eigenvalue weighted by Crippen LogP contribution is -2.30. The third kappa shape index (κ3) is 5.75. The molecule has 1 fully saturated rings. The van der Waals surface area contributed by atoms with E-state index in [1.54, 1.807) is 0 Å². The summed E-state index contributed by atoms with van der Waals surface area (Å²) < 4.78 is 1.28. The molecule has 0 heterocycles. The minimum absolute atomic E-state index is 0.786. The molecule has 1 aromatic carbocycles. The molecule has 1 atom stereocenters. The highest BCUT2D eigenvalue weighted by molar-refractivity contribution is 9.10. The third-order valence-corrected chi connectivity index (χ3v) is 5.61. The SMILES string of the molecule is CCCNCC(Cc1ccccc1Br)C1CCCCCC1. The second-order valence-corrected chi connectivity index (χ2v) is 7.37. The van der Waals surface area contributed by atoms with E-state index in [1.165, 1.54) is 67.9 Å². The van der Waals surface area contributed by atoms with Gasteiger partial charge in [0.1, 0.15) is 0 Å². The van der Waals surface area contributed by atoms with Crippen LogP contribution < -0.4 is 5.32 Å². The zero-order valence-electron chi connectivity index (χ0n) is 13.4. The Kier molecular flexibility index (Phi) is 7.81. The second-order valence-electron chi connectivity index (χ2n) is 6.51. The lowest BCUT2D eigenvalue weighted by Gasteiger charge is -2.27. The van der Waals surface area contributed by atoms with Crippen molar-refractivity contribution in [3.8, 4) is 0 Å². The van der Waals surface area contributed by atoms with Crippen LogP contribution in [0.4, 0.5) is 0 Å². The molecule has 1 nitrogen and oxygen atoms in total. The Morgan fingerprint density at radius 3 is 2.52 bits per heavy atom. The Morgan fingerprint density at radius 2 is 1.86 bits per heavy atom. The van der Waals surface area contributed by atoms with Crippen LogP contribution >= 0.6 is 15.9 Å². The summed E-state index contributed by atoms with van der Waals surface area (Å²) in [6.45, 7) is 4.58. The van der Waals surface area contributed by atoms with Gasteiger partial charge in [0.2, 0.25) is 0 Å². The molecular weight excluding hydrogens is 322 g/mol. The van der Waals surface area contributed by atoms with E-state index >= 15 is 0 Å². The van der Waals surface area contributed by atoms with Crippen molar-refractivity contribution in [3.63, 3.8) is 0 Å². The molecule has 1 aliphatic rings. The van der Waals surface area contributed by atoms with E-state index in [1.807, 2.05) is 0 Å². The van der Waals surface area contributed by atoms with Crippen molar-refractivity contribution < 1.29 is 0 Å². The fraction of sp³-hybridized carbons (Fsp3) is 0.684. The molecule has 1 saturated carbocycles. The maximum Gasteiger partial charge on any atom is 0.0207 e. The van der Waals surface area contributed by atoms with Gasteiger partial charge in [0.05, 0.1) is 0 Å². The first-order chi connectivity index (χ1) is 10.3. The van der Waals surface area contributed by atoms with Gasteiger partial charge in [-0.3, -0.25) is 0 Å². The molecule has 0 amide bonds. The minimum atomic E-state index is 0.786. The quantitative estimate of drug-likeness (QED) is 0.499. The minimum Gasteiger partial charge on any atom is -0.316 e. The van der Waals surface area contributed by atoms with E-state index in [4.69, 9.17) is 0 Å². The third-order valence-electron chi connectivity index (χ3n) is 4.84. The van der Waals surface area contributed by atoms with Crippen LogP contribution in [-0.2, 0) is 6.42 Å². The van der Waals surface area contributed by atoms with Gasteiger partial charge >= 0.3 is 0 Å². The summed E-state index contributed by atoms with van der Waals surface area (Å²) in [6, 6.07) is 8.75. The van der Waals surface area contributed by atoms with Crippen molar-refractivity contribution >= 4 is 15.9 Å². The van der Waals surface area contributed by atoms with E-state index in [0.29, 0.717) is 0 Å². The van der Waals surface area contributed by atoms with E-state index in [2.05, 4.69) is 52.4 Å². The molecule has 0 radical (unpaired) electrons. The molecule has 21 heavy (non-hydrogen) atoms. The number of benzene rings is 1. The molecule has 2 rings (SSSR count).